The van der Waals surface area contributed by atoms with Crippen LogP contribution in [0.25, 0.3) is 17.6 Å². The molecular weight excluding hydrogens is 470 g/mol. The van der Waals surface area contributed by atoms with E-state index in [1.54, 1.807) is 49.8 Å². The summed E-state index contributed by atoms with van der Waals surface area (Å²) in [4.78, 5) is 23.3. The van der Waals surface area contributed by atoms with Crippen LogP contribution in [0.15, 0.2) is 47.7 Å². The topological polar surface area (TPSA) is 99.8 Å². The lowest BCUT2D eigenvalue weighted by molar-refractivity contribution is -0.129. The molecule has 1 aromatic carbocycles. The molecule has 2 aliphatic rings. The molecule has 2 aromatic heterocycles. The Morgan fingerprint density at radius 1 is 1.34 bits per heavy atom. The van der Waals surface area contributed by atoms with Crippen LogP contribution >= 0.6 is 11.8 Å². The zero-order valence-corrected chi connectivity index (χ0v) is 20.1. The fourth-order valence-corrected chi connectivity index (χ4v) is 6.35. The summed E-state index contributed by atoms with van der Waals surface area (Å²) >= 11 is 1.23. The van der Waals surface area contributed by atoms with Gasteiger partial charge in [0.2, 0.25) is 5.91 Å². The van der Waals surface area contributed by atoms with Gasteiger partial charge >= 0.3 is 0 Å². The number of fused-ring (bicyclic) bond motifs is 2. The fourth-order valence-electron chi connectivity index (χ4n) is 4.85. The fraction of sp³-hybridized carbons (Fsp3) is 0.280. The molecule has 1 aliphatic carbocycles. The van der Waals surface area contributed by atoms with Gasteiger partial charge in [0.15, 0.2) is 11.0 Å². The Kier molecular flexibility index (Phi) is 5.21. The third-order valence-electron chi connectivity index (χ3n) is 6.64. The molecule has 178 valence electrons. The zero-order valence-electron chi connectivity index (χ0n) is 19.3. The number of aliphatic imine (C=N–C) groups is 1. The van der Waals surface area contributed by atoms with Gasteiger partial charge < -0.3 is 15.0 Å². The van der Waals surface area contributed by atoms with E-state index < -0.39 is 21.9 Å². The Labute approximate surface area is 205 Å². The van der Waals surface area contributed by atoms with Crippen LogP contribution < -0.4 is 5.73 Å². The first-order valence-corrected chi connectivity index (χ1v) is 11.7. The maximum atomic E-state index is 15.1. The number of benzene rings is 1. The number of aromatic nitrogens is 2. The molecule has 0 spiro atoms. The average Bonchev–Trinajstić information content (AvgIpc) is 3.41. The van der Waals surface area contributed by atoms with Crippen LogP contribution in [-0.4, -0.2) is 44.2 Å². The molecule has 3 heterocycles. The summed E-state index contributed by atoms with van der Waals surface area (Å²) in [6.45, 7) is 1.77. The summed E-state index contributed by atoms with van der Waals surface area (Å²) in [5.74, 6) is -1.43. The average molecular weight is 493 g/mol. The summed E-state index contributed by atoms with van der Waals surface area (Å²) in [5, 5.41) is 9.28. The van der Waals surface area contributed by atoms with Crippen LogP contribution in [0.2, 0.25) is 0 Å². The second-order valence-corrected chi connectivity index (χ2v) is 10.5. The first-order valence-electron chi connectivity index (χ1n) is 10.9. The summed E-state index contributed by atoms with van der Waals surface area (Å²) in [6, 6.07) is 9.56. The highest BCUT2D eigenvalue weighted by Gasteiger charge is 2.71. The molecule has 2 N–H and O–H groups in total. The van der Waals surface area contributed by atoms with Crippen molar-refractivity contribution in [1.29, 1.82) is 5.26 Å². The van der Waals surface area contributed by atoms with Gasteiger partial charge in [-0.2, -0.15) is 5.26 Å². The SMILES string of the molecule is CN(C)C(=O)[C@]12CC1[C@@](C)(c1cc(/C=C(\F)c3cn4cc(C#N)ccc4n3)ccc1F)N=C(N)S2. The normalized spacial score (nSPS) is 25.5. The Hall–Kier alpha value is -3.71. The molecule has 3 aromatic rings. The van der Waals surface area contributed by atoms with Crippen molar-refractivity contribution in [2.75, 3.05) is 14.1 Å². The Bertz CT molecular complexity index is 1490. The van der Waals surface area contributed by atoms with Crippen molar-refractivity contribution in [3.05, 3.63) is 70.9 Å². The van der Waals surface area contributed by atoms with Crippen molar-refractivity contribution in [1.82, 2.24) is 14.3 Å². The van der Waals surface area contributed by atoms with Crippen LogP contribution in [0, 0.1) is 23.1 Å². The monoisotopic (exact) mass is 492 g/mol. The second kappa shape index (κ2) is 7.92. The molecule has 3 atom stereocenters. The zero-order chi connectivity index (χ0) is 25.1. The van der Waals surface area contributed by atoms with Gasteiger partial charge in [-0.1, -0.05) is 17.8 Å². The van der Waals surface area contributed by atoms with E-state index in [-0.39, 0.29) is 28.3 Å². The number of hydrogen-bond donors (Lipinski definition) is 1. The van der Waals surface area contributed by atoms with E-state index in [0.29, 0.717) is 23.2 Å². The lowest BCUT2D eigenvalue weighted by atomic mass is 9.84. The molecule has 7 nitrogen and oxygen atoms in total. The van der Waals surface area contributed by atoms with Gasteiger partial charge in [0.1, 0.15) is 28.0 Å². The van der Waals surface area contributed by atoms with Gasteiger partial charge in [-0.25, -0.2) is 13.8 Å². The first kappa shape index (κ1) is 23.1. The van der Waals surface area contributed by atoms with Crippen molar-refractivity contribution in [2.45, 2.75) is 23.6 Å². The van der Waals surface area contributed by atoms with Crippen molar-refractivity contribution in [3.63, 3.8) is 0 Å². The quantitative estimate of drug-likeness (QED) is 0.595. The molecule has 1 saturated carbocycles. The predicted octanol–water partition coefficient (Wildman–Crippen LogP) is 3.94. The highest BCUT2D eigenvalue weighted by atomic mass is 32.2. The van der Waals surface area contributed by atoms with Gasteiger partial charge in [0, 0.05) is 38.0 Å². The number of pyridine rings is 1. The molecule has 1 aliphatic heterocycles. The predicted molar refractivity (Wildman–Crippen MR) is 131 cm³/mol. The van der Waals surface area contributed by atoms with E-state index in [0.717, 1.165) is 0 Å². The van der Waals surface area contributed by atoms with Gasteiger partial charge in [-0.15, -0.1) is 0 Å². The van der Waals surface area contributed by atoms with Gasteiger partial charge in [0.25, 0.3) is 0 Å². The largest absolute Gasteiger partial charge is 0.378 e. The molecule has 1 fully saturated rings. The van der Waals surface area contributed by atoms with E-state index in [9.17, 15) is 4.79 Å². The number of rotatable bonds is 4. The highest BCUT2D eigenvalue weighted by Crippen LogP contribution is 2.66. The van der Waals surface area contributed by atoms with E-state index in [1.807, 2.05) is 6.07 Å². The minimum Gasteiger partial charge on any atom is -0.378 e. The Morgan fingerprint density at radius 3 is 2.83 bits per heavy atom. The van der Waals surface area contributed by atoms with Gasteiger partial charge in [-0.05, 0) is 49.2 Å². The number of amidine groups is 1. The van der Waals surface area contributed by atoms with E-state index in [4.69, 9.17) is 11.0 Å². The van der Waals surface area contributed by atoms with Crippen LogP contribution in [0.4, 0.5) is 8.78 Å². The Balaban J connectivity index is 1.52. The number of nitrogens with two attached hydrogens (primary N) is 1. The number of carbonyl (C=O) groups excluding carboxylic acids is 1. The number of thioether (sulfide) groups is 1. The van der Waals surface area contributed by atoms with E-state index >= 15 is 8.78 Å². The molecule has 0 radical (unpaired) electrons. The third kappa shape index (κ3) is 3.67. The molecule has 0 saturated heterocycles. The molecule has 1 unspecified atom stereocenters. The summed E-state index contributed by atoms with van der Waals surface area (Å²) in [6.07, 6.45) is 4.85. The number of hydrogen-bond acceptors (Lipinski definition) is 6. The van der Waals surface area contributed by atoms with Crippen molar-refractivity contribution < 1.29 is 13.6 Å². The maximum Gasteiger partial charge on any atom is 0.239 e. The smallest absolute Gasteiger partial charge is 0.239 e. The van der Waals surface area contributed by atoms with Crippen LogP contribution in [0.5, 0.6) is 0 Å². The molecule has 1 amide bonds. The number of amides is 1. The summed E-state index contributed by atoms with van der Waals surface area (Å²) in [7, 11) is 3.36. The molecule has 0 bridgehead atoms. The summed E-state index contributed by atoms with van der Waals surface area (Å²) in [5.41, 5.74) is 6.73. The Morgan fingerprint density at radius 2 is 2.11 bits per heavy atom. The van der Waals surface area contributed by atoms with Crippen molar-refractivity contribution >= 4 is 40.4 Å². The van der Waals surface area contributed by atoms with Gasteiger partial charge in [-0.3, -0.25) is 9.79 Å². The third-order valence-corrected chi connectivity index (χ3v) is 7.93. The molecule has 5 rings (SSSR count). The number of imidazole rings is 1. The van der Waals surface area contributed by atoms with Crippen LogP contribution in [-0.2, 0) is 10.3 Å². The van der Waals surface area contributed by atoms with Crippen molar-refractivity contribution in [3.8, 4) is 6.07 Å². The number of halogens is 2. The lowest BCUT2D eigenvalue weighted by Crippen LogP contribution is -2.43. The number of carbonyl (C=O) groups is 1. The standard InChI is InChI=1S/C25H22F2N6OS/c1-24(20-10-25(20,22(34)32(2)3)35-23(29)31-24)16-8-14(4-6-17(16)26)9-18(27)19-13-33-12-15(11-28)5-7-21(33)30-19/h4-9,12-13,20H,10H2,1-3H3,(H2,29,31)/b18-9-/t20?,24-,25+/m1/s1. The minimum absolute atomic E-state index is 0.0783. The molecule has 35 heavy (non-hydrogen) atoms. The first-order chi connectivity index (χ1) is 16.6. The maximum absolute atomic E-state index is 15.1. The van der Waals surface area contributed by atoms with Crippen molar-refractivity contribution in [2.24, 2.45) is 16.6 Å². The van der Waals surface area contributed by atoms with E-state index in [2.05, 4.69) is 9.98 Å². The second-order valence-electron chi connectivity index (χ2n) is 9.20. The molecular formula is C25H22F2N6OS. The number of nitriles is 1. The lowest BCUT2D eigenvalue weighted by Gasteiger charge is -2.34. The van der Waals surface area contributed by atoms with E-state index in [1.165, 1.54) is 41.1 Å². The van der Waals surface area contributed by atoms with Gasteiger partial charge in [0.05, 0.1) is 11.1 Å². The van der Waals surface area contributed by atoms with Crippen LogP contribution in [0.3, 0.4) is 0 Å². The van der Waals surface area contributed by atoms with Crippen LogP contribution in [0.1, 0.15) is 35.7 Å². The minimum atomic E-state index is -1.07. The summed E-state index contributed by atoms with van der Waals surface area (Å²) < 4.78 is 31.0. The highest BCUT2D eigenvalue weighted by molar-refractivity contribution is 8.15. The number of nitrogens with zero attached hydrogens (tertiary/aromatic N) is 5. The molecule has 10 heteroatoms.